The fourth-order valence-corrected chi connectivity index (χ4v) is 1.47. The van der Waals surface area contributed by atoms with Crippen LogP contribution in [-0.2, 0) is 11.0 Å². The van der Waals surface area contributed by atoms with Gasteiger partial charge in [-0.25, -0.2) is 4.21 Å². The second kappa shape index (κ2) is 0.816. The van der Waals surface area contributed by atoms with Crippen LogP contribution in [0.2, 0.25) is 0 Å². The fraction of sp³-hybridized carbons (Fsp3) is 0. The molecular formula is C4H3NOS. The molecule has 0 saturated carbocycles. The molecule has 1 aromatic heterocycles. The lowest BCUT2D eigenvalue weighted by Gasteiger charge is -1.61. The molecule has 0 aromatic carbocycles. The van der Waals surface area contributed by atoms with Crippen molar-refractivity contribution in [2.45, 2.75) is 5.03 Å². The first-order valence-corrected chi connectivity index (χ1v) is 3.10. The van der Waals surface area contributed by atoms with Crippen molar-refractivity contribution in [3.05, 3.63) is 18.3 Å². The van der Waals surface area contributed by atoms with E-state index in [2.05, 4.69) is 0 Å². The van der Waals surface area contributed by atoms with Crippen LogP contribution in [0.4, 0.5) is 0 Å². The third-order valence-electron chi connectivity index (χ3n) is 1.00. The number of hydrogen-bond donors (Lipinski definition) is 0. The van der Waals surface area contributed by atoms with Gasteiger partial charge in [0.1, 0.15) is 5.03 Å². The summed E-state index contributed by atoms with van der Waals surface area (Å²) in [5.41, 5.74) is 0. The predicted molar refractivity (Wildman–Crippen MR) is 26.2 cm³/mol. The van der Waals surface area contributed by atoms with Gasteiger partial charge in [-0.1, -0.05) is 0 Å². The average molecular weight is 113 g/mol. The second-order valence-electron chi connectivity index (χ2n) is 1.42. The van der Waals surface area contributed by atoms with E-state index < -0.39 is 11.0 Å². The molecule has 0 spiro atoms. The highest BCUT2D eigenvalue weighted by molar-refractivity contribution is 7.88. The summed E-state index contributed by atoms with van der Waals surface area (Å²) in [6.07, 6.45) is 1.81. The fourth-order valence-electron chi connectivity index (χ4n) is 0.603. The normalized spacial score (nSPS) is 24.3. The van der Waals surface area contributed by atoms with E-state index in [-0.39, 0.29) is 0 Å². The molecule has 36 valence electrons. The Morgan fingerprint density at radius 2 is 2.57 bits per heavy atom. The number of nitrogens with zero attached hydrogens (tertiary/aromatic N) is 1. The Labute approximate surface area is 43.4 Å². The monoisotopic (exact) mass is 113 g/mol. The van der Waals surface area contributed by atoms with Crippen LogP contribution in [0, 0.1) is 0 Å². The van der Waals surface area contributed by atoms with E-state index in [1.807, 2.05) is 18.3 Å². The Morgan fingerprint density at radius 3 is 2.86 bits per heavy atom. The number of hydrogen-bond acceptors (Lipinski definition) is 1. The van der Waals surface area contributed by atoms with Crippen LogP contribution in [0.3, 0.4) is 0 Å². The Kier molecular flexibility index (Phi) is 0.400. The highest BCUT2D eigenvalue weighted by Gasteiger charge is 2.25. The number of aromatic nitrogens is 1. The summed E-state index contributed by atoms with van der Waals surface area (Å²) in [5.74, 6) is 0. The van der Waals surface area contributed by atoms with Crippen molar-refractivity contribution < 1.29 is 4.21 Å². The van der Waals surface area contributed by atoms with Crippen LogP contribution < -0.4 is 0 Å². The van der Waals surface area contributed by atoms with Gasteiger partial charge in [0, 0.05) is 6.20 Å². The lowest BCUT2D eigenvalue weighted by Crippen LogP contribution is -1.64. The van der Waals surface area contributed by atoms with Gasteiger partial charge in [-0.05, 0) is 12.1 Å². The van der Waals surface area contributed by atoms with E-state index in [0.717, 1.165) is 5.03 Å². The lowest BCUT2D eigenvalue weighted by molar-refractivity contribution is 0.691. The number of rotatable bonds is 0. The molecule has 2 nitrogen and oxygen atoms in total. The van der Waals surface area contributed by atoms with E-state index in [9.17, 15) is 4.21 Å². The van der Waals surface area contributed by atoms with Crippen LogP contribution in [0.15, 0.2) is 23.4 Å². The van der Waals surface area contributed by atoms with Gasteiger partial charge in [0.2, 0.25) is 0 Å². The van der Waals surface area contributed by atoms with Crippen molar-refractivity contribution in [2.75, 3.05) is 0 Å². The molecular weight excluding hydrogens is 110 g/mol. The van der Waals surface area contributed by atoms with Crippen molar-refractivity contribution in [2.24, 2.45) is 0 Å². The summed E-state index contributed by atoms with van der Waals surface area (Å²) in [5, 5.41) is 0.944. The first-order valence-electron chi connectivity index (χ1n) is 1.99. The van der Waals surface area contributed by atoms with Crippen LogP contribution in [0.1, 0.15) is 0 Å². The molecule has 0 bridgehead atoms. The molecule has 0 N–H and O–H groups in total. The summed E-state index contributed by atoms with van der Waals surface area (Å²) in [6, 6.07) is 3.74. The molecule has 2 rings (SSSR count). The summed E-state index contributed by atoms with van der Waals surface area (Å²) in [4.78, 5) is 0. The van der Waals surface area contributed by atoms with Gasteiger partial charge in [-0.2, -0.15) is 0 Å². The minimum atomic E-state index is -0.749. The molecule has 0 amide bonds. The SMILES string of the molecule is O=S1c2cccn21. The largest absolute Gasteiger partial charge is 0.252 e. The van der Waals surface area contributed by atoms with Crippen LogP contribution in [0.25, 0.3) is 0 Å². The van der Waals surface area contributed by atoms with Crippen molar-refractivity contribution in [1.82, 2.24) is 3.97 Å². The molecule has 3 heteroatoms. The Morgan fingerprint density at radius 1 is 1.71 bits per heavy atom. The minimum absolute atomic E-state index is 0.749. The summed E-state index contributed by atoms with van der Waals surface area (Å²) in [7, 11) is -0.749. The zero-order chi connectivity index (χ0) is 4.85. The molecule has 1 aromatic rings. The van der Waals surface area contributed by atoms with E-state index >= 15 is 0 Å². The molecule has 7 heavy (non-hydrogen) atoms. The minimum Gasteiger partial charge on any atom is -0.252 e. The van der Waals surface area contributed by atoms with Gasteiger partial charge in [-0.15, -0.1) is 0 Å². The van der Waals surface area contributed by atoms with E-state index in [0.29, 0.717) is 0 Å². The Bertz CT molecular complexity index is 207. The van der Waals surface area contributed by atoms with Crippen molar-refractivity contribution in [1.29, 1.82) is 0 Å². The van der Waals surface area contributed by atoms with Gasteiger partial charge in [0.25, 0.3) is 0 Å². The summed E-state index contributed by atoms with van der Waals surface area (Å²) < 4.78 is 12.1. The van der Waals surface area contributed by atoms with E-state index in [4.69, 9.17) is 0 Å². The topological polar surface area (TPSA) is 22.0 Å². The second-order valence-corrected chi connectivity index (χ2v) is 2.73. The molecule has 0 saturated heterocycles. The zero-order valence-corrected chi connectivity index (χ0v) is 4.31. The molecule has 1 aliphatic heterocycles. The van der Waals surface area contributed by atoms with Gasteiger partial charge >= 0.3 is 0 Å². The van der Waals surface area contributed by atoms with Crippen LogP contribution in [-0.4, -0.2) is 8.18 Å². The zero-order valence-electron chi connectivity index (χ0n) is 3.50. The first-order chi connectivity index (χ1) is 3.39. The molecule has 1 aliphatic rings. The van der Waals surface area contributed by atoms with E-state index in [1.165, 1.54) is 0 Å². The first kappa shape index (κ1) is 3.43. The maximum atomic E-state index is 10.4. The maximum absolute atomic E-state index is 10.4. The lowest BCUT2D eigenvalue weighted by atomic mass is 10.7. The van der Waals surface area contributed by atoms with Gasteiger partial charge < -0.3 is 0 Å². The third kappa shape index (κ3) is 0.268. The molecule has 0 fully saturated rings. The molecule has 0 radical (unpaired) electrons. The smallest absolute Gasteiger partial charge is 0.175 e. The van der Waals surface area contributed by atoms with Gasteiger partial charge in [-0.3, -0.25) is 3.97 Å². The van der Waals surface area contributed by atoms with Crippen molar-refractivity contribution >= 4 is 11.0 Å². The van der Waals surface area contributed by atoms with E-state index in [1.54, 1.807) is 3.97 Å². The third-order valence-corrected chi connectivity index (χ3v) is 2.20. The highest BCUT2D eigenvalue weighted by atomic mass is 32.2. The van der Waals surface area contributed by atoms with Crippen molar-refractivity contribution in [3.8, 4) is 0 Å². The molecule has 1 atom stereocenters. The predicted octanol–water partition coefficient (Wildman–Crippen LogP) is 0.372. The van der Waals surface area contributed by atoms with Crippen LogP contribution >= 0.6 is 0 Å². The van der Waals surface area contributed by atoms with Crippen LogP contribution in [0.5, 0.6) is 0 Å². The molecule has 2 heterocycles. The van der Waals surface area contributed by atoms with Gasteiger partial charge in [0.15, 0.2) is 11.0 Å². The summed E-state index contributed by atoms with van der Waals surface area (Å²) in [6.45, 7) is 0. The van der Waals surface area contributed by atoms with Crippen molar-refractivity contribution in [3.63, 3.8) is 0 Å². The average Bonchev–Trinajstić information content (AvgIpc) is 2.26. The maximum Gasteiger partial charge on any atom is 0.175 e. The standard InChI is InChI=1S/C4H3NOS/c6-7-4-2-1-3-5(4)7/h1-3H. The molecule has 0 aliphatic carbocycles. The Hall–Kier alpha value is -0.570. The Balaban J connectivity index is 2.80. The van der Waals surface area contributed by atoms with Gasteiger partial charge in [0.05, 0.1) is 0 Å². The quantitative estimate of drug-likeness (QED) is 0.452. The highest BCUT2D eigenvalue weighted by Crippen LogP contribution is 2.23. The molecule has 1 unspecified atom stereocenters. The summed E-state index contributed by atoms with van der Waals surface area (Å²) >= 11 is 0. The number of fused-ring (bicyclic) bond motifs is 1.